The first-order valence-electron chi connectivity index (χ1n) is 9.72. The Morgan fingerprint density at radius 3 is 2.37 bits per heavy atom. The van der Waals surface area contributed by atoms with Gasteiger partial charge in [-0.1, -0.05) is 12.1 Å². The SMILES string of the molecule is Cc1cc2ncc(C(=O)N3CCN(Cc4ccc(C(F)(F)F)cc4)CC3)c(C)n2n1. The number of hydrogen-bond donors (Lipinski definition) is 0. The number of nitrogens with zero attached hydrogens (tertiary/aromatic N) is 5. The van der Waals surface area contributed by atoms with E-state index in [-0.39, 0.29) is 5.91 Å². The molecule has 3 aromatic rings. The first kappa shape index (κ1) is 20.3. The van der Waals surface area contributed by atoms with Crippen LogP contribution in [-0.2, 0) is 12.7 Å². The lowest BCUT2D eigenvalue weighted by molar-refractivity contribution is -0.137. The summed E-state index contributed by atoms with van der Waals surface area (Å²) in [5.74, 6) is -0.0794. The number of amides is 1. The van der Waals surface area contributed by atoms with E-state index < -0.39 is 11.7 Å². The summed E-state index contributed by atoms with van der Waals surface area (Å²) < 4.78 is 39.8. The number of fused-ring (bicyclic) bond motifs is 1. The van der Waals surface area contributed by atoms with Gasteiger partial charge in [-0.25, -0.2) is 9.50 Å². The van der Waals surface area contributed by atoms with Gasteiger partial charge in [0.15, 0.2) is 5.65 Å². The monoisotopic (exact) mass is 417 g/mol. The molecule has 0 saturated carbocycles. The van der Waals surface area contributed by atoms with E-state index in [0.29, 0.717) is 43.9 Å². The lowest BCUT2D eigenvalue weighted by Gasteiger charge is -2.35. The number of carbonyl (C=O) groups is 1. The quantitative estimate of drug-likeness (QED) is 0.656. The number of hydrogen-bond acceptors (Lipinski definition) is 4. The Kier molecular flexibility index (Phi) is 5.23. The molecule has 0 spiro atoms. The molecular weight excluding hydrogens is 395 g/mol. The number of benzene rings is 1. The van der Waals surface area contributed by atoms with Gasteiger partial charge in [-0.15, -0.1) is 0 Å². The van der Waals surface area contributed by atoms with Gasteiger partial charge in [-0.2, -0.15) is 18.3 Å². The molecule has 0 aliphatic carbocycles. The maximum atomic E-state index is 13.0. The van der Waals surface area contributed by atoms with Crippen molar-refractivity contribution in [3.05, 3.63) is 64.6 Å². The van der Waals surface area contributed by atoms with Crippen LogP contribution in [0.25, 0.3) is 5.65 Å². The molecular formula is C21H22F3N5O. The summed E-state index contributed by atoms with van der Waals surface area (Å²) in [7, 11) is 0. The third-order valence-corrected chi connectivity index (χ3v) is 5.42. The number of aryl methyl sites for hydroxylation is 2. The van der Waals surface area contributed by atoms with Crippen molar-refractivity contribution in [3.8, 4) is 0 Å². The minimum absolute atomic E-state index is 0.0794. The van der Waals surface area contributed by atoms with Gasteiger partial charge in [-0.05, 0) is 31.5 Å². The Morgan fingerprint density at radius 2 is 1.73 bits per heavy atom. The minimum Gasteiger partial charge on any atom is -0.336 e. The highest BCUT2D eigenvalue weighted by Gasteiger charge is 2.30. The predicted molar refractivity (Wildman–Crippen MR) is 105 cm³/mol. The lowest BCUT2D eigenvalue weighted by Crippen LogP contribution is -2.48. The van der Waals surface area contributed by atoms with Crippen LogP contribution in [0.3, 0.4) is 0 Å². The highest BCUT2D eigenvalue weighted by molar-refractivity contribution is 5.95. The van der Waals surface area contributed by atoms with E-state index in [2.05, 4.69) is 15.0 Å². The standard InChI is InChI=1S/C21H22F3N5O/c1-14-11-19-25-12-18(15(2)29(19)26-14)20(30)28-9-7-27(8-10-28)13-16-3-5-17(6-4-16)21(22,23)24/h3-6,11-12H,7-10,13H2,1-2H3. The van der Waals surface area contributed by atoms with Crippen molar-refractivity contribution in [2.24, 2.45) is 0 Å². The summed E-state index contributed by atoms with van der Waals surface area (Å²) in [5, 5.41) is 4.39. The van der Waals surface area contributed by atoms with Crippen molar-refractivity contribution in [1.29, 1.82) is 0 Å². The number of rotatable bonds is 3. The van der Waals surface area contributed by atoms with E-state index in [0.717, 1.165) is 29.1 Å². The van der Waals surface area contributed by atoms with Crippen LogP contribution in [0.2, 0.25) is 0 Å². The van der Waals surface area contributed by atoms with E-state index in [9.17, 15) is 18.0 Å². The molecule has 0 radical (unpaired) electrons. The first-order chi connectivity index (χ1) is 14.2. The Morgan fingerprint density at radius 1 is 1.07 bits per heavy atom. The smallest absolute Gasteiger partial charge is 0.336 e. The number of aromatic nitrogens is 3. The van der Waals surface area contributed by atoms with Crippen LogP contribution in [0.15, 0.2) is 36.5 Å². The molecule has 9 heteroatoms. The Bertz CT molecular complexity index is 1070. The third kappa shape index (κ3) is 4.02. The summed E-state index contributed by atoms with van der Waals surface area (Å²) in [6.07, 6.45) is -2.72. The second kappa shape index (κ2) is 7.71. The molecule has 0 unspecified atom stereocenters. The molecule has 0 atom stereocenters. The normalized spacial score (nSPS) is 15.7. The Balaban J connectivity index is 1.38. The fourth-order valence-electron chi connectivity index (χ4n) is 3.71. The van der Waals surface area contributed by atoms with Crippen molar-refractivity contribution in [3.63, 3.8) is 0 Å². The van der Waals surface area contributed by atoms with Gasteiger partial charge < -0.3 is 4.90 Å². The zero-order valence-corrected chi connectivity index (χ0v) is 16.8. The zero-order chi connectivity index (χ0) is 21.5. The van der Waals surface area contributed by atoms with Crippen LogP contribution < -0.4 is 0 Å². The van der Waals surface area contributed by atoms with Crippen LogP contribution in [-0.4, -0.2) is 56.5 Å². The molecule has 1 aliphatic heterocycles. The molecule has 1 aliphatic rings. The van der Waals surface area contributed by atoms with Crippen molar-refractivity contribution in [2.45, 2.75) is 26.6 Å². The molecule has 4 rings (SSSR count). The summed E-state index contributed by atoms with van der Waals surface area (Å²) in [5.41, 5.74) is 3.01. The summed E-state index contributed by atoms with van der Waals surface area (Å²) >= 11 is 0. The maximum absolute atomic E-state index is 13.0. The third-order valence-electron chi connectivity index (χ3n) is 5.42. The van der Waals surface area contributed by atoms with Gasteiger partial charge in [0.2, 0.25) is 0 Å². The molecule has 2 aromatic heterocycles. The van der Waals surface area contributed by atoms with Crippen LogP contribution >= 0.6 is 0 Å². The van der Waals surface area contributed by atoms with E-state index in [1.54, 1.807) is 15.6 Å². The summed E-state index contributed by atoms with van der Waals surface area (Å²) in [4.78, 5) is 21.2. The number of alkyl halides is 3. The zero-order valence-electron chi connectivity index (χ0n) is 16.8. The van der Waals surface area contributed by atoms with Gasteiger partial charge >= 0.3 is 6.18 Å². The second-order valence-electron chi connectivity index (χ2n) is 7.58. The molecule has 158 valence electrons. The Labute approximate surface area is 171 Å². The van der Waals surface area contributed by atoms with Crippen LogP contribution in [0.5, 0.6) is 0 Å². The van der Waals surface area contributed by atoms with Gasteiger partial charge in [-0.3, -0.25) is 9.69 Å². The molecule has 3 heterocycles. The van der Waals surface area contributed by atoms with E-state index in [4.69, 9.17) is 0 Å². The Hall–Kier alpha value is -2.94. The number of halogens is 3. The molecule has 1 amide bonds. The highest BCUT2D eigenvalue weighted by Crippen LogP contribution is 2.29. The molecule has 1 aromatic carbocycles. The molecule has 1 fully saturated rings. The molecule has 1 saturated heterocycles. The molecule has 0 bridgehead atoms. The predicted octanol–water partition coefficient (Wildman–Crippen LogP) is 3.32. The lowest BCUT2D eigenvalue weighted by atomic mass is 10.1. The maximum Gasteiger partial charge on any atom is 0.416 e. The van der Waals surface area contributed by atoms with Crippen molar-refractivity contribution >= 4 is 11.6 Å². The fraction of sp³-hybridized carbons (Fsp3) is 0.381. The van der Waals surface area contributed by atoms with Gasteiger partial charge in [0.25, 0.3) is 5.91 Å². The minimum atomic E-state index is -4.32. The van der Waals surface area contributed by atoms with Crippen LogP contribution in [0, 0.1) is 13.8 Å². The van der Waals surface area contributed by atoms with Crippen LogP contribution in [0.4, 0.5) is 13.2 Å². The highest BCUT2D eigenvalue weighted by atomic mass is 19.4. The van der Waals surface area contributed by atoms with Crippen LogP contribution in [0.1, 0.15) is 32.9 Å². The summed E-state index contributed by atoms with van der Waals surface area (Å²) in [6.45, 7) is 6.70. The molecule has 30 heavy (non-hydrogen) atoms. The molecule has 0 N–H and O–H groups in total. The van der Waals surface area contributed by atoms with Crippen molar-refractivity contribution in [2.75, 3.05) is 26.2 Å². The van der Waals surface area contributed by atoms with E-state index >= 15 is 0 Å². The van der Waals surface area contributed by atoms with Crippen molar-refractivity contribution in [1.82, 2.24) is 24.4 Å². The fourth-order valence-corrected chi connectivity index (χ4v) is 3.71. The largest absolute Gasteiger partial charge is 0.416 e. The van der Waals surface area contributed by atoms with Gasteiger partial charge in [0.05, 0.1) is 22.5 Å². The molecule has 6 nitrogen and oxygen atoms in total. The average Bonchev–Trinajstić information content (AvgIpc) is 3.09. The second-order valence-corrected chi connectivity index (χ2v) is 7.58. The van der Waals surface area contributed by atoms with Gasteiger partial charge in [0.1, 0.15) is 0 Å². The van der Waals surface area contributed by atoms with E-state index in [1.165, 1.54) is 12.1 Å². The average molecular weight is 417 g/mol. The topological polar surface area (TPSA) is 53.7 Å². The number of piperazine rings is 1. The van der Waals surface area contributed by atoms with E-state index in [1.807, 2.05) is 19.9 Å². The number of carbonyl (C=O) groups excluding carboxylic acids is 1. The summed E-state index contributed by atoms with van der Waals surface area (Å²) in [6, 6.07) is 7.10. The van der Waals surface area contributed by atoms with Gasteiger partial charge in [0, 0.05) is 45.0 Å². The van der Waals surface area contributed by atoms with Crippen molar-refractivity contribution < 1.29 is 18.0 Å². The first-order valence-corrected chi connectivity index (χ1v) is 9.72.